The molecule has 1 saturated heterocycles. The molecule has 3 heterocycles. The maximum Gasteiger partial charge on any atom is 0.417 e. The predicted molar refractivity (Wildman–Crippen MR) is 310 cm³/mol. The Morgan fingerprint density at radius 1 is 0.726 bits per heavy atom. The number of aryl methyl sites for hydroxylation is 1. The number of carbonyl (C=O) groups excluding carboxylic acids is 5. The molecule has 1 aliphatic rings. The number of hydrogen-bond donors (Lipinski definition) is 2. The first-order valence-electron chi connectivity index (χ1n) is 28.1. The van der Waals surface area contributed by atoms with Gasteiger partial charge in [-0.15, -0.1) is 11.3 Å². The van der Waals surface area contributed by atoms with Crippen molar-refractivity contribution in [1.82, 2.24) is 20.2 Å². The van der Waals surface area contributed by atoms with E-state index in [-0.39, 0.29) is 105 Å². The van der Waals surface area contributed by atoms with Crippen LogP contribution in [0.5, 0.6) is 11.5 Å². The molecule has 0 unspecified atom stereocenters. The summed E-state index contributed by atoms with van der Waals surface area (Å²) in [6.45, 7) is 13.6. The smallest absolute Gasteiger partial charge is 0.417 e. The molecule has 1 aliphatic heterocycles. The number of benzene rings is 3. The third kappa shape index (κ3) is 22.1. The summed E-state index contributed by atoms with van der Waals surface area (Å²) < 4.78 is 79.0. The zero-order chi connectivity index (χ0) is 60.7. The van der Waals surface area contributed by atoms with E-state index in [2.05, 4.69) is 15.3 Å². The molecule has 1 fully saturated rings. The highest BCUT2D eigenvalue weighted by atomic mass is 35.5. The van der Waals surface area contributed by atoms with Gasteiger partial charge in [-0.25, -0.2) is 4.98 Å². The second-order valence-electron chi connectivity index (χ2n) is 21.5. The van der Waals surface area contributed by atoms with Gasteiger partial charge in [0.1, 0.15) is 34.8 Å². The van der Waals surface area contributed by atoms with Gasteiger partial charge in [-0.2, -0.15) is 13.2 Å². The Bertz CT molecular complexity index is 2900. The Morgan fingerprint density at radius 2 is 1.31 bits per heavy atom. The fourth-order valence-electron chi connectivity index (χ4n) is 9.20. The van der Waals surface area contributed by atoms with Crippen LogP contribution in [0.3, 0.4) is 0 Å². The van der Waals surface area contributed by atoms with E-state index in [0.717, 1.165) is 33.8 Å². The van der Waals surface area contributed by atoms with Crippen LogP contribution in [-0.4, -0.2) is 147 Å². The van der Waals surface area contributed by atoms with Crippen LogP contribution in [0, 0.1) is 18.3 Å². The molecule has 2 aromatic heterocycles. The number of alkyl halides is 3. The van der Waals surface area contributed by atoms with Crippen LogP contribution >= 0.6 is 22.9 Å². The third-order valence-electron chi connectivity index (χ3n) is 13.8. The zero-order valence-corrected chi connectivity index (χ0v) is 49.8. The molecule has 22 heteroatoms. The molecular weight excluding hydrogens is 1130 g/mol. The first kappa shape index (κ1) is 67.1. The summed E-state index contributed by atoms with van der Waals surface area (Å²) in [5, 5.41) is 13.2. The largest absolute Gasteiger partial charge is 0.457 e. The lowest BCUT2D eigenvalue weighted by molar-refractivity contribution is -0.146. The zero-order valence-electron chi connectivity index (χ0n) is 48.2. The number of carbonyl (C=O) groups is 5. The number of nitrogens with zero attached hydrogens (tertiary/aromatic N) is 3. The third-order valence-corrected chi connectivity index (χ3v) is 15.1. The number of aliphatic hydroxyl groups is 1. The fourth-order valence-corrected chi connectivity index (χ4v) is 10.2. The number of thiazole rings is 1. The van der Waals surface area contributed by atoms with Crippen molar-refractivity contribution >= 4 is 52.1 Å². The molecule has 5 aromatic rings. The maximum absolute atomic E-state index is 14.1. The van der Waals surface area contributed by atoms with Gasteiger partial charge >= 0.3 is 6.18 Å². The summed E-state index contributed by atoms with van der Waals surface area (Å²) >= 11 is 7.26. The molecule has 2 N–H and O–H groups in total. The highest BCUT2D eigenvalue weighted by molar-refractivity contribution is 7.13. The monoisotopic (exact) mass is 1210 g/mol. The van der Waals surface area contributed by atoms with Crippen molar-refractivity contribution in [1.29, 1.82) is 0 Å². The number of halogens is 4. The van der Waals surface area contributed by atoms with E-state index in [9.17, 15) is 42.3 Å². The molecule has 17 nitrogen and oxygen atoms in total. The minimum atomic E-state index is -4.62. The molecule has 456 valence electrons. The van der Waals surface area contributed by atoms with Crippen LogP contribution in [-0.2, 0) is 66.6 Å². The Labute approximate surface area is 497 Å². The highest BCUT2D eigenvalue weighted by Crippen LogP contribution is 2.37. The number of hydrogen-bond acceptors (Lipinski definition) is 16. The van der Waals surface area contributed by atoms with Gasteiger partial charge < -0.3 is 48.5 Å². The van der Waals surface area contributed by atoms with Crippen LogP contribution < -0.4 is 10.1 Å². The summed E-state index contributed by atoms with van der Waals surface area (Å²) in [6.07, 6.45) is -3.26. The quantitative estimate of drug-likeness (QED) is 0.0282. The average Bonchev–Trinajstić information content (AvgIpc) is 4.25. The van der Waals surface area contributed by atoms with Crippen LogP contribution in [0.4, 0.5) is 13.2 Å². The molecule has 84 heavy (non-hydrogen) atoms. The van der Waals surface area contributed by atoms with Crippen LogP contribution in [0.15, 0.2) is 90.6 Å². The van der Waals surface area contributed by atoms with E-state index in [1.807, 2.05) is 64.4 Å². The van der Waals surface area contributed by atoms with Crippen molar-refractivity contribution in [2.24, 2.45) is 11.3 Å². The van der Waals surface area contributed by atoms with Crippen molar-refractivity contribution in [3.63, 3.8) is 0 Å². The van der Waals surface area contributed by atoms with Gasteiger partial charge in [0.05, 0.1) is 111 Å². The van der Waals surface area contributed by atoms with Crippen LogP contribution in [0.1, 0.15) is 104 Å². The Balaban J connectivity index is 0.729. The van der Waals surface area contributed by atoms with Crippen molar-refractivity contribution in [2.45, 2.75) is 104 Å². The lowest BCUT2D eigenvalue weighted by Crippen LogP contribution is -2.50. The second-order valence-corrected chi connectivity index (χ2v) is 22.7. The number of rotatable bonds is 36. The van der Waals surface area contributed by atoms with Crippen molar-refractivity contribution in [3.05, 3.63) is 129 Å². The number of aromatic nitrogens is 2. The molecule has 0 aliphatic carbocycles. The number of pyridine rings is 1. The first-order valence-corrected chi connectivity index (χ1v) is 29.3. The number of Topliss-reactive ketones (excluding diaryl/α,β-unsaturated/α-hetero) is 3. The minimum absolute atomic E-state index is 0.0140. The molecule has 6 rings (SSSR count). The second kappa shape index (κ2) is 33.6. The predicted octanol–water partition coefficient (Wildman–Crippen LogP) is 10.2. The SMILES string of the molecule is Cc1ncsc1-c1ccc([C@H](C)NC(=O)[C@@H]2C[C@@H](O)CN2C(=O)[C@H](CC(=O)CCOCCOCCOCCOCCOCCOCCCC(=O)c2cc(Oc3ccc(CC(=O)Cc4ccc(Cl)c(C(F)(F)F)c4)cc3)ccn2)C(C)(C)C)cc1. The van der Waals surface area contributed by atoms with Crippen molar-refractivity contribution in [2.75, 3.05) is 85.8 Å². The number of aliphatic hydroxyl groups excluding tert-OH is 1. The number of likely N-dealkylation sites (tertiary alicyclic amines) is 1. The molecule has 0 spiro atoms. The van der Waals surface area contributed by atoms with Gasteiger partial charge in [0.2, 0.25) is 11.8 Å². The number of amides is 2. The number of β-amino-alcohol motifs (C(OH)–C–C–N with tert-alkyl or cyclic N) is 1. The van der Waals surface area contributed by atoms with E-state index in [0.29, 0.717) is 89.6 Å². The van der Waals surface area contributed by atoms with Gasteiger partial charge in [0, 0.05) is 69.9 Å². The molecular formula is C62H76ClF3N4O13S. The van der Waals surface area contributed by atoms with E-state index in [4.69, 9.17) is 44.8 Å². The summed E-state index contributed by atoms with van der Waals surface area (Å²) in [5.74, 6) is -1.11. The average molecular weight is 1210 g/mol. The minimum Gasteiger partial charge on any atom is -0.457 e. The molecule has 0 saturated carbocycles. The van der Waals surface area contributed by atoms with Gasteiger partial charge in [-0.3, -0.25) is 29.0 Å². The van der Waals surface area contributed by atoms with Gasteiger partial charge in [-0.05, 0) is 78.3 Å². The van der Waals surface area contributed by atoms with Crippen molar-refractivity contribution < 1.29 is 75.4 Å². The van der Waals surface area contributed by atoms with E-state index in [1.54, 1.807) is 47.7 Å². The summed E-state index contributed by atoms with van der Waals surface area (Å²) in [5.41, 5.74) is 4.27. The topological polar surface area (TPSA) is 211 Å². The van der Waals surface area contributed by atoms with Gasteiger partial charge in [0.25, 0.3) is 0 Å². The van der Waals surface area contributed by atoms with Crippen LogP contribution in [0.2, 0.25) is 5.02 Å². The van der Waals surface area contributed by atoms with E-state index >= 15 is 0 Å². The number of ether oxygens (including phenoxy) is 7. The molecule has 4 atom stereocenters. The molecule has 3 aromatic carbocycles. The molecule has 0 bridgehead atoms. The normalized spacial score (nSPS) is 15.2. The fraction of sp³-hybridized carbons (Fsp3) is 0.500. The molecule has 2 amide bonds. The summed E-state index contributed by atoms with van der Waals surface area (Å²) in [6, 6.07) is 20.0. The summed E-state index contributed by atoms with van der Waals surface area (Å²) in [4.78, 5) is 77.4. The summed E-state index contributed by atoms with van der Waals surface area (Å²) in [7, 11) is 0. The van der Waals surface area contributed by atoms with Crippen LogP contribution in [0.25, 0.3) is 10.4 Å². The van der Waals surface area contributed by atoms with Gasteiger partial charge in [-0.1, -0.05) is 74.8 Å². The molecule has 0 radical (unpaired) electrons. The van der Waals surface area contributed by atoms with Crippen molar-refractivity contribution in [3.8, 4) is 21.9 Å². The van der Waals surface area contributed by atoms with E-state index in [1.165, 1.54) is 17.2 Å². The standard InChI is InChI=1S/C62H76ClF3N4O13S/c1-41(45-11-13-46(14-12-45)58-42(2)68-40-84-58)69-59(75)56-37-49(73)39-70(56)60(76)53(61(3,4)5)36-47(71)19-22-78-24-26-80-28-30-82-32-31-81-29-27-79-25-23-77-21-6-7-57(74)55-38-51(18-20-67-55)83-50-15-8-43(9-16-50)33-48(72)34-44-10-17-54(63)52(35-44)62(64,65)66/h8-18,20,35,38,40-41,49,53,56,73H,6-7,19,21-34,36-37,39H2,1-5H3,(H,69,75)/t41-,49+,53-,56-/m0/s1. The highest BCUT2D eigenvalue weighted by Gasteiger charge is 2.44. The van der Waals surface area contributed by atoms with Gasteiger partial charge in [0.15, 0.2) is 5.78 Å². The maximum atomic E-state index is 14.1. The number of nitrogens with one attached hydrogen (secondary N) is 1. The first-order chi connectivity index (χ1) is 40.2. The lowest BCUT2D eigenvalue weighted by atomic mass is 9.76. The lowest BCUT2D eigenvalue weighted by Gasteiger charge is -2.35. The number of ketones is 3. The Kier molecular flexibility index (Phi) is 26.9. The van der Waals surface area contributed by atoms with E-state index < -0.39 is 40.2 Å². The Morgan fingerprint density at radius 3 is 1.89 bits per heavy atom. The Hall–Kier alpha value is -6.01.